The minimum Gasteiger partial charge on any atom is -0.349 e. The minimum atomic E-state index is -3.74. The van der Waals surface area contributed by atoms with Crippen LogP contribution in [0.1, 0.15) is 27.5 Å². The van der Waals surface area contributed by atoms with Crippen LogP contribution in [0.4, 0.5) is 11.4 Å². The highest BCUT2D eigenvalue weighted by molar-refractivity contribution is 7.94. The molecule has 10 heteroatoms. The summed E-state index contributed by atoms with van der Waals surface area (Å²) in [7, 11) is -3.74. The molecule has 0 saturated heterocycles. The van der Waals surface area contributed by atoms with Gasteiger partial charge in [-0.05, 0) is 68.3 Å². The fourth-order valence-corrected chi connectivity index (χ4v) is 4.95. The molecule has 0 amide bonds. The maximum atomic E-state index is 12.6. The van der Waals surface area contributed by atoms with Gasteiger partial charge in [0.25, 0.3) is 10.0 Å². The average molecular weight is 419 g/mol. The molecule has 0 fully saturated rings. The third-order valence-corrected chi connectivity index (χ3v) is 6.70. The number of aryl methyl sites for hydroxylation is 3. The van der Waals surface area contributed by atoms with Gasteiger partial charge in [0.1, 0.15) is 4.21 Å². The van der Waals surface area contributed by atoms with E-state index in [-0.39, 0.29) is 21.4 Å². The molecule has 28 heavy (non-hydrogen) atoms. The van der Waals surface area contributed by atoms with Crippen molar-refractivity contribution in [3.8, 4) is 0 Å². The van der Waals surface area contributed by atoms with E-state index >= 15 is 0 Å². The first kappa shape index (κ1) is 19.8. The van der Waals surface area contributed by atoms with E-state index in [1.165, 1.54) is 19.1 Å². The molecule has 1 N–H and O–H groups in total. The van der Waals surface area contributed by atoms with E-state index in [9.17, 15) is 18.5 Å². The van der Waals surface area contributed by atoms with Crippen molar-refractivity contribution in [3.05, 3.63) is 67.9 Å². The third kappa shape index (κ3) is 4.29. The highest BCUT2D eigenvalue weighted by Crippen LogP contribution is 2.28. The first-order valence-electron chi connectivity index (χ1n) is 8.15. The van der Waals surface area contributed by atoms with Crippen LogP contribution in [0.5, 0.6) is 0 Å². The molecule has 0 spiro atoms. The van der Waals surface area contributed by atoms with Crippen molar-refractivity contribution in [2.45, 2.75) is 25.0 Å². The Balaban J connectivity index is 1.82. The summed E-state index contributed by atoms with van der Waals surface area (Å²) >= 11 is 1.04. The standard InChI is InChI=1S/C18H17N3O5S2/c1-11-8-12(2)10-14(9-11)20-28(24,25)17-7-5-15(27-17)4-6-16-18(21(22)23)13(3)19-26-16/h4-10,20H,1-3H3. The summed E-state index contributed by atoms with van der Waals surface area (Å²) < 4.78 is 32.9. The second-order valence-corrected chi connectivity index (χ2v) is 9.23. The van der Waals surface area contributed by atoms with E-state index in [1.807, 2.05) is 19.9 Å². The van der Waals surface area contributed by atoms with Gasteiger partial charge in [-0.3, -0.25) is 14.8 Å². The van der Waals surface area contributed by atoms with Gasteiger partial charge in [0, 0.05) is 10.6 Å². The molecule has 0 atom stereocenters. The zero-order valence-electron chi connectivity index (χ0n) is 15.3. The Bertz CT molecular complexity index is 1160. The van der Waals surface area contributed by atoms with Crippen LogP contribution < -0.4 is 4.72 Å². The molecule has 3 aromatic rings. The van der Waals surface area contributed by atoms with Crippen molar-refractivity contribution in [2.24, 2.45) is 0 Å². The molecule has 0 saturated carbocycles. The molecule has 0 radical (unpaired) electrons. The van der Waals surface area contributed by atoms with Gasteiger partial charge in [0.15, 0.2) is 5.69 Å². The SMILES string of the molecule is Cc1cc(C)cc(NS(=O)(=O)c2ccc(C=Cc3onc(C)c3[N+](=O)[O-])s2)c1. The second-order valence-electron chi connectivity index (χ2n) is 6.21. The zero-order valence-corrected chi connectivity index (χ0v) is 16.9. The van der Waals surface area contributed by atoms with Crippen molar-refractivity contribution in [1.82, 2.24) is 5.16 Å². The highest BCUT2D eigenvalue weighted by Gasteiger charge is 2.22. The van der Waals surface area contributed by atoms with Gasteiger partial charge in [-0.1, -0.05) is 11.2 Å². The van der Waals surface area contributed by atoms with Gasteiger partial charge in [-0.25, -0.2) is 8.42 Å². The lowest BCUT2D eigenvalue weighted by Gasteiger charge is -2.08. The van der Waals surface area contributed by atoms with Crippen molar-refractivity contribution >= 4 is 44.9 Å². The monoisotopic (exact) mass is 419 g/mol. The first-order chi connectivity index (χ1) is 13.2. The van der Waals surface area contributed by atoms with Crippen molar-refractivity contribution in [2.75, 3.05) is 4.72 Å². The number of nitrogens with one attached hydrogen (secondary N) is 1. The predicted octanol–water partition coefficient (Wildman–Crippen LogP) is 4.54. The maximum absolute atomic E-state index is 12.6. The van der Waals surface area contributed by atoms with E-state index in [0.717, 1.165) is 22.5 Å². The molecule has 3 rings (SSSR count). The molecular weight excluding hydrogens is 402 g/mol. The van der Waals surface area contributed by atoms with Gasteiger partial charge in [-0.15, -0.1) is 11.3 Å². The Hall–Kier alpha value is -2.98. The molecule has 0 aliphatic carbocycles. The van der Waals surface area contributed by atoms with Crippen LogP contribution in [0.15, 0.2) is 39.1 Å². The second kappa shape index (κ2) is 7.56. The number of nitrogens with zero attached hydrogens (tertiary/aromatic N) is 2. The molecule has 2 heterocycles. The van der Waals surface area contributed by atoms with Crippen LogP contribution in [0.25, 0.3) is 12.2 Å². The predicted molar refractivity (Wildman–Crippen MR) is 108 cm³/mol. The largest absolute Gasteiger partial charge is 0.349 e. The van der Waals surface area contributed by atoms with Crippen molar-refractivity contribution in [1.29, 1.82) is 0 Å². The van der Waals surface area contributed by atoms with Crippen LogP contribution in [-0.2, 0) is 10.0 Å². The van der Waals surface area contributed by atoms with Gasteiger partial charge >= 0.3 is 5.69 Å². The Morgan fingerprint density at radius 3 is 2.46 bits per heavy atom. The van der Waals surface area contributed by atoms with E-state index in [4.69, 9.17) is 4.52 Å². The Kier molecular flexibility index (Phi) is 5.34. The summed E-state index contributed by atoms with van der Waals surface area (Å²) in [5.41, 5.74) is 2.37. The molecule has 0 aliphatic rings. The van der Waals surface area contributed by atoms with Crippen LogP contribution >= 0.6 is 11.3 Å². The van der Waals surface area contributed by atoms with Gasteiger partial charge in [0.05, 0.1) is 4.92 Å². The number of hydrogen-bond donors (Lipinski definition) is 1. The quantitative estimate of drug-likeness (QED) is 0.463. The summed E-state index contributed by atoms with van der Waals surface area (Å²) in [6, 6.07) is 8.56. The average Bonchev–Trinajstić information content (AvgIpc) is 3.18. The molecule has 0 unspecified atom stereocenters. The fraction of sp³-hybridized carbons (Fsp3) is 0.167. The van der Waals surface area contributed by atoms with Crippen LogP contribution in [0, 0.1) is 30.9 Å². The molecular formula is C18H17N3O5S2. The van der Waals surface area contributed by atoms with Crippen LogP contribution in [-0.4, -0.2) is 18.5 Å². The Morgan fingerprint density at radius 2 is 1.82 bits per heavy atom. The first-order valence-corrected chi connectivity index (χ1v) is 10.5. The molecule has 0 aliphatic heterocycles. The minimum absolute atomic E-state index is 0.00803. The summed E-state index contributed by atoms with van der Waals surface area (Å²) in [4.78, 5) is 11.1. The lowest BCUT2D eigenvalue weighted by Crippen LogP contribution is -2.11. The number of anilines is 1. The number of sulfonamides is 1. The van der Waals surface area contributed by atoms with Crippen LogP contribution in [0.3, 0.4) is 0 Å². The molecule has 1 aromatic carbocycles. The fourth-order valence-electron chi connectivity index (χ4n) is 2.68. The number of hydrogen-bond acceptors (Lipinski definition) is 7. The molecule has 146 valence electrons. The number of benzene rings is 1. The van der Waals surface area contributed by atoms with E-state index in [1.54, 1.807) is 24.3 Å². The van der Waals surface area contributed by atoms with Gasteiger partial charge < -0.3 is 4.52 Å². The van der Waals surface area contributed by atoms with Gasteiger partial charge in [-0.2, -0.15) is 0 Å². The zero-order chi connectivity index (χ0) is 20.5. The smallest absolute Gasteiger partial charge is 0.338 e. The Morgan fingerprint density at radius 1 is 1.14 bits per heavy atom. The highest BCUT2D eigenvalue weighted by atomic mass is 32.2. The number of nitro groups is 1. The van der Waals surface area contributed by atoms with E-state index < -0.39 is 14.9 Å². The molecule has 0 bridgehead atoms. The lowest BCUT2D eigenvalue weighted by atomic mass is 10.1. The Labute approximate surface area is 165 Å². The summed E-state index contributed by atoms with van der Waals surface area (Å²) in [6.45, 7) is 5.26. The molecule has 2 aromatic heterocycles. The van der Waals surface area contributed by atoms with E-state index in [0.29, 0.717) is 10.6 Å². The maximum Gasteiger partial charge on any atom is 0.338 e. The normalized spacial score (nSPS) is 11.8. The number of thiophene rings is 1. The third-order valence-electron chi connectivity index (χ3n) is 3.78. The van der Waals surface area contributed by atoms with Crippen molar-refractivity contribution < 1.29 is 17.9 Å². The summed E-state index contributed by atoms with van der Waals surface area (Å²) in [5.74, 6) is 0.00803. The number of rotatable bonds is 6. The van der Waals surface area contributed by atoms with Crippen LogP contribution in [0.2, 0.25) is 0 Å². The van der Waals surface area contributed by atoms with Gasteiger partial charge in [0.2, 0.25) is 5.76 Å². The lowest BCUT2D eigenvalue weighted by molar-refractivity contribution is -0.386. The number of aromatic nitrogens is 1. The molecule has 8 nitrogen and oxygen atoms in total. The van der Waals surface area contributed by atoms with E-state index in [2.05, 4.69) is 9.88 Å². The summed E-state index contributed by atoms with van der Waals surface area (Å²) in [6.07, 6.45) is 2.95. The van der Waals surface area contributed by atoms with Crippen molar-refractivity contribution in [3.63, 3.8) is 0 Å². The topological polar surface area (TPSA) is 115 Å². The summed E-state index contributed by atoms with van der Waals surface area (Å²) in [5, 5.41) is 14.6.